The fourth-order valence-electron chi connectivity index (χ4n) is 3.60. The molecule has 1 aliphatic heterocycles. The highest BCUT2D eigenvalue weighted by Gasteiger charge is 2.26. The van der Waals surface area contributed by atoms with Crippen LogP contribution < -0.4 is 5.73 Å². The minimum absolute atomic E-state index is 0.0519. The van der Waals surface area contributed by atoms with Crippen molar-refractivity contribution >= 4 is 40.1 Å². The fraction of sp³-hybridized carbons (Fsp3) is 0.368. The van der Waals surface area contributed by atoms with E-state index in [0.29, 0.717) is 36.8 Å². The quantitative estimate of drug-likeness (QED) is 0.696. The highest BCUT2D eigenvalue weighted by molar-refractivity contribution is 7.99. The normalized spacial score (nSPS) is 15.5. The monoisotopic (exact) mass is 383 g/mol. The maximum Gasteiger partial charge on any atom is 0.233 e. The number of hydrogen-bond donors (Lipinski definition) is 1. The fourth-order valence-corrected chi connectivity index (χ4v) is 4.45. The van der Waals surface area contributed by atoms with E-state index in [1.807, 2.05) is 28.7 Å². The Kier molecular flexibility index (Phi) is 4.73. The predicted octanol–water partition coefficient (Wildman–Crippen LogP) is 2.01. The Bertz CT molecular complexity index is 1020. The number of pyridine rings is 1. The summed E-state index contributed by atoms with van der Waals surface area (Å²) >= 11 is 1.39. The van der Waals surface area contributed by atoms with Gasteiger partial charge < -0.3 is 10.6 Å². The summed E-state index contributed by atoms with van der Waals surface area (Å²) < 4.78 is 2.00. The lowest BCUT2D eigenvalue weighted by atomic mass is 9.96. The molecule has 1 aliphatic rings. The molecule has 4 rings (SSSR count). The molecule has 1 saturated heterocycles. The second kappa shape index (κ2) is 7.19. The number of piperidine rings is 1. The minimum Gasteiger partial charge on any atom is -0.369 e. The van der Waals surface area contributed by atoms with Crippen molar-refractivity contribution in [2.75, 3.05) is 18.8 Å². The van der Waals surface area contributed by atoms with Crippen LogP contribution in [0.4, 0.5) is 0 Å². The van der Waals surface area contributed by atoms with Crippen LogP contribution in [-0.2, 0) is 9.59 Å². The van der Waals surface area contributed by atoms with E-state index in [-0.39, 0.29) is 17.7 Å². The number of nitrogens with two attached hydrogens (primary N) is 1. The molecule has 2 aromatic heterocycles. The SMILES string of the molecule is Cc1cc2nnc(SCC(=O)N3CCC(C(N)=O)CC3)n2c2ccccc12. The third-order valence-electron chi connectivity index (χ3n) is 5.15. The molecule has 8 heteroatoms. The standard InChI is InChI=1S/C19H21N5O2S/c1-12-10-16-21-22-19(24(16)15-5-3-2-4-14(12)15)27-11-17(25)23-8-6-13(7-9-23)18(20)26/h2-5,10,13H,6-9,11H2,1H3,(H2,20,26). The van der Waals surface area contributed by atoms with Crippen LogP contribution in [0.25, 0.3) is 16.6 Å². The topological polar surface area (TPSA) is 93.6 Å². The van der Waals surface area contributed by atoms with E-state index in [1.165, 1.54) is 11.8 Å². The maximum atomic E-state index is 12.6. The lowest BCUT2D eigenvalue weighted by Gasteiger charge is -2.30. The van der Waals surface area contributed by atoms with Gasteiger partial charge in [-0.2, -0.15) is 0 Å². The number of hydrogen-bond acceptors (Lipinski definition) is 5. The number of thioether (sulfide) groups is 1. The Morgan fingerprint density at radius 2 is 1.96 bits per heavy atom. The first-order valence-electron chi connectivity index (χ1n) is 8.98. The van der Waals surface area contributed by atoms with Gasteiger partial charge >= 0.3 is 0 Å². The minimum atomic E-state index is -0.270. The summed E-state index contributed by atoms with van der Waals surface area (Å²) in [6, 6.07) is 10.1. The summed E-state index contributed by atoms with van der Waals surface area (Å²) in [5, 5.41) is 10.4. The Hall–Kier alpha value is -2.61. The van der Waals surface area contributed by atoms with Crippen LogP contribution in [0.2, 0.25) is 0 Å². The van der Waals surface area contributed by atoms with Crippen LogP contribution in [0.15, 0.2) is 35.5 Å². The molecule has 0 bridgehead atoms. The van der Waals surface area contributed by atoms with Crippen molar-refractivity contribution in [1.29, 1.82) is 0 Å². The molecule has 27 heavy (non-hydrogen) atoms. The number of aromatic nitrogens is 3. The summed E-state index contributed by atoms with van der Waals surface area (Å²) in [5.74, 6) is -0.0362. The lowest BCUT2D eigenvalue weighted by molar-refractivity contribution is -0.132. The number of rotatable bonds is 4. The van der Waals surface area contributed by atoms with Crippen molar-refractivity contribution in [1.82, 2.24) is 19.5 Å². The lowest BCUT2D eigenvalue weighted by Crippen LogP contribution is -2.42. The van der Waals surface area contributed by atoms with Crippen molar-refractivity contribution in [3.8, 4) is 0 Å². The summed E-state index contributed by atoms with van der Waals surface area (Å²) in [6.45, 7) is 3.22. The van der Waals surface area contributed by atoms with Gasteiger partial charge in [0.05, 0.1) is 11.3 Å². The van der Waals surface area contributed by atoms with Gasteiger partial charge in [0.25, 0.3) is 0 Å². The van der Waals surface area contributed by atoms with Crippen molar-refractivity contribution in [3.63, 3.8) is 0 Å². The molecule has 0 radical (unpaired) electrons. The molecule has 2 N–H and O–H groups in total. The Labute approximate surface area is 160 Å². The zero-order chi connectivity index (χ0) is 19.0. The highest BCUT2D eigenvalue weighted by Crippen LogP contribution is 2.26. The molecule has 0 aliphatic carbocycles. The predicted molar refractivity (Wildman–Crippen MR) is 104 cm³/mol. The second-order valence-corrected chi connectivity index (χ2v) is 7.81. The summed E-state index contributed by atoms with van der Waals surface area (Å²) in [5.41, 5.74) is 8.32. The molecule has 0 saturated carbocycles. The molecule has 1 fully saturated rings. The number of primary amides is 1. The van der Waals surface area contributed by atoms with Gasteiger partial charge in [0.1, 0.15) is 0 Å². The molecular formula is C19H21N5O2S. The third-order valence-corrected chi connectivity index (χ3v) is 6.06. The Balaban J connectivity index is 1.51. The van der Waals surface area contributed by atoms with Crippen LogP contribution in [0.3, 0.4) is 0 Å². The second-order valence-electron chi connectivity index (χ2n) is 6.87. The van der Waals surface area contributed by atoms with Crippen LogP contribution in [0.1, 0.15) is 18.4 Å². The van der Waals surface area contributed by atoms with E-state index in [1.54, 1.807) is 4.90 Å². The first kappa shape index (κ1) is 17.8. The van der Waals surface area contributed by atoms with Gasteiger partial charge in [-0.1, -0.05) is 30.0 Å². The van der Waals surface area contributed by atoms with Crippen LogP contribution in [0, 0.1) is 12.8 Å². The van der Waals surface area contributed by atoms with Gasteiger partial charge in [0, 0.05) is 24.4 Å². The van der Waals surface area contributed by atoms with Gasteiger partial charge in [0.2, 0.25) is 11.8 Å². The van der Waals surface area contributed by atoms with E-state index in [2.05, 4.69) is 23.2 Å². The zero-order valence-electron chi connectivity index (χ0n) is 15.1. The Morgan fingerprint density at radius 1 is 1.22 bits per heavy atom. The summed E-state index contributed by atoms with van der Waals surface area (Å²) in [4.78, 5) is 25.6. The third kappa shape index (κ3) is 3.37. The molecule has 1 aromatic carbocycles. The summed E-state index contributed by atoms with van der Waals surface area (Å²) in [6.07, 6.45) is 1.28. The summed E-state index contributed by atoms with van der Waals surface area (Å²) in [7, 11) is 0. The van der Waals surface area contributed by atoms with Crippen LogP contribution in [-0.4, -0.2) is 50.2 Å². The van der Waals surface area contributed by atoms with Crippen molar-refractivity contribution in [2.45, 2.75) is 24.9 Å². The number of fused-ring (bicyclic) bond motifs is 3. The Morgan fingerprint density at radius 3 is 2.70 bits per heavy atom. The van der Waals surface area contributed by atoms with Crippen molar-refractivity contribution < 1.29 is 9.59 Å². The molecular weight excluding hydrogens is 362 g/mol. The van der Waals surface area contributed by atoms with Gasteiger partial charge in [-0.25, -0.2) is 0 Å². The number of amides is 2. The first-order valence-corrected chi connectivity index (χ1v) is 9.96. The molecule has 7 nitrogen and oxygen atoms in total. The van der Waals surface area contributed by atoms with Gasteiger partial charge in [-0.05, 0) is 37.5 Å². The van der Waals surface area contributed by atoms with Gasteiger partial charge in [-0.15, -0.1) is 10.2 Å². The van der Waals surface area contributed by atoms with Crippen LogP contribution in [0.5, 0.6) is 0 Å². The number of aryl methyl sites for hydroxylation is 1. The number of likely N-dealkylation sites (tertiary alicyclic amines) is 1. The molecule has 3 aromatic rings. The van der Waals surface area contributed by atoms with Crippen LogP contribution >= 0.6 is 11.8 Å². The molecule has 3 heterocycles. The molecule has 0 spiro atoms. The number of para-hydroxylation sites is 1. The van der Waals surface area contributed by atoms with Crippen molar-refractivity contribution in [2.24, 2.45) is 11.7 Å². The number of benzene rings is 1. The molecule has 2 amide bonds. The van der Waals surface area contributed by atoms with Crippen molar-refractivity contribution in [3.05, 3.63) is 35.9 Å². The van der Waals surface area contributed by atoms with Gasteiger partial charge in [0.15, 0.2) is 10.8 Å². The smallest absolute Gasteiger partial charge is 0.233 e. The van der Waals surface area contributed by atoms with E-state index < -0.39 is 0 Å². The average molecular weight is 383 g/mol. The molecule has 0 unspecified atom stereocenters. The number of carbonyl (C=O) groups excluding carboxylic acids is 2. The average Bonchev–Trinajstić information content (AvgIpc) is 3.09. The van der Waals surface area contributed by atoms with E-state index >= 15 is 0 Å². The largest absolute Gasteiger partial charge is 0.369 e. The van der Waals surface area contributed by atoms with E-state index in [9.17, 15) is 9.59 Å². The number of nitrogens with zero attached hydrogens (tertiary/aromatic N) is 4. The van der Waals surface area contributed by atoms with E-state index in [4.69, 9.17) is 5.73 Å². The number of carbonyl (C=O) groups is 2. The highest BCUT2D eigenvalue weighted by atomic mass is 32.2. The zero-order valence-corrected chi connectivity index (χ0v) is 15.9. The maximum absolute atomic E-state index is 12.6. The first-order chi connectivity index (χ1) is 13.0. The molecule has 0 atom stereocenters. The van der Waals surface area contributed by atoms with Gasteiger partial charge in [-0.3, -0.25) is 14.0 Å². The van der Waals surface area contributed by atoms with E-state index in [0.717, 1.165) is 22.1 Å². The molecule has 140 valence electrons.